The van der Waals surface area contributed by atoms with E-state index in [2.05, 4.69) is 6.07 Å². The molecule has 4 nitrogen and oxygen atoms in total. The number of carbonyl (C=O) groups is 1. The number of nitriles is 1. The Morgan fingerprint density at radius 2 is 2.35 bits per heavy atom. The first kappa shape index (κ1) is 11.5. The molecular weight excluding hydrogens is 216 g/mol. The van der Waals surface area contributed by atoms with Crippen LogP contribution in [0.5, 0.6) is 0 Å². The van der Waals surface area contributed by atoms with Gasteiger partial charge in [-0.3, -0.25) is 0 Å². The Kier molecular flexibility index (Phi) is 3.01. The first-order valence-corrected chi connectivity index (χ1v) is 5.63. The first-order chi connectivity index (χ1) is 8.13. The quantitative estimate of drug-likeness (QED) is 0.843. The van der Waals surface area contributed by atoms with E-state index in [1.807, 2.05) is 17.9 Å². The summed E-state index contributed by atoms with van der Waals surface area (Å²) in [5, 5.41) is 17.9. The molecule has 0 radical (unpaired) electrons. The average Bonchev–Trinajstić information content (AvgIpc) is 2.77. The van der Waals surface area contributed by atoms with Gasteiger partial charge in [0.25, 0.3) is 0 Å². The maximum atomic E-state index is 11.1. The van der Waals surface area contributed by atoms with Gasteiger partial charge in [0.15, 0.2) is 0 Å². The van der Waals surface area contributed by atoms with Gasteiger partial charge >= 0.3 is 5.97 Å². The van der Waals surface area contributed by atoms with Gasteiger partial charge in [0.05, 0.1) is 11.6 Å². The van der Waals surface area contributed by atoms with Gasteiger partial charge in [-0.05, 0) is 43.5 Å². The Labute approximate surface area is 100 Å². The van der Waals surface area contributed by atoms with Crippen LogP contribution >= 0.6 is 0 Å². The van der Waals surface area contributed by atoms with Crippen LogP contribution in [0.2, 0.25) is 0 Å². The number of rotatable bonds is 2. The number of hydrogen-bond donors (Lipinski definition) is 1. The van der Waals surface area contributed by atoms with Crippen LogP contribution in [0, 0.1) is 18.3 Å². The molecule has 17 heavy (non-hydrogen) atoms. The largest absolute Gasteiger partial charge is 0.480 e. The number of aryl methyl sites for hydroxylation is 1. The van der Waals surface area contributed by atoms with Crippen molar-refractivity contribution in [3.63, 3.8) is 0 Å². The molecular formula is C13H14N2O2. The lowest BCUT2D eigenvalue weighted by atomic mass is 10.1. The maximum absolute atomic E-state index is 11.1. The summed E-state index contributed by atoms with van der Waals surface area (Å²) in [6.45, 7) is 2.68. The molecule has 1 aliphatic heterocycles. The molecule has 0 aromatic heterocycles. The zero-order valence-electron chi connectivity index (χ0n) is 9.68. The molecule has 4 heteroatoms. The summed E-state index contributed by atoms with van der Waals surface area (Å²) in [6, 6.07) is 7.03. The third kappa shape index (κ3) is 2.09. The van der Waals surface area contributed by atoms with Gasteiger partial charge < -0.3 is 10.0 Å². The van der Waals surface area contributed by atoms with Gasteiger partial charge in [-0.1, -0.05) is 0 Å². The molecule has 2 rings (SSSR count). The average molecular weight is 230 g/mol. The molecule has 88 valence electrons. The number of carboxylic acids is 1. The molecule has 0 amide bonds. The Balaban J connectivity index is 2.34. The van der Waals surface area contributed by atoms with E-state index in [9.17, 15) is 4.79 Å². The monoisotopic (exact) mass is 230 g/mol. The van der Waals surface area contributed by atoms with Crippen LogP contribution in [-0.2, 0) is 4.79 Å². The maximum Gasteiger partial charge on any atom is 0.326 e. The highest BCUT2D eigenvalue weighted by atomic mass is 16.4. The lowest BCUT2D eigenvalue weighted by Gasteiger charge is -2.25. The Hall–Kier alpha value is -2.02. The van der Waals surface area contributed by atoms with E-state index in [0.29, 0.717) is 12.0 Å². The molecule has 1 atom stereocenters. The summed E-state index contributed by atoms with van der Waals surface area (Å²) in [4.78, 5) is 13.0. The standard InChI is InChI=1S/C13H14N2O2/c1-9-7-10(8-14)4-5-11(9)15-6-2-3-12(15)13(16)17/h4-5,7,12H,2-3,6H2,1H3,(H,16,17). The number of anilines is 1. The Morgan fingerprint density at radius 3 is 2.94 bits per heavy atom. The van der Waals surface area contributed by atoms with Crippen molar-refractivity contribution in [1.29, 1.82) is 5.26 Å². The summed E-state index contributed by atoms with van der Waals surface area (Å²) in [5.74, 6) is -0.772. The second-order valence-electron chi connectivity index (χ2n) is 4.30. The Morgan fingerprint density at radius 1 is 1.59 bits per heavy atom. The summed E-state index contributed by atoms with van der Waals surface area (Å²) in [6.07, 6.45) is 1.59. The van der Waals surface area contributed by atoms with Crippen LogP contribution in [0.15, 0.2) is 18.2 Å². The van der Waals surface area contributed by atoms with Crippen molar-refractivity contribution in [2.75, 3.05) is 11.4 Å². The second-order valence-corrected chi connectivity index (χ2v) is 4.30. The van der Waals surface area contributed by atoms with E-state index in [1.54, 1.807) is 12.1 Å². The van der Waals surface area contributed by atoms with Gasteiger partial charge in [-0.15, -0.1) is 0 Å². The zero-order chi connectivity index (χ0) is 12.4. The van der Waals surface area contributed by atoms with Crippen molar-refractivity contribution in [2.24, 2.45) is 0 Å². The summed E-state index contributed by atoms with van der Waals surface area (Å²) in [7, 11) is 0. The summed E-state index contributed by atoms with van der Waals surface area (Å²) < 4.78 is 0. The van der Waals surface area contributed by atoms with Gasteiger partial charge in [0, 0.05) is 12.2 Å². The molecule has 1 saturated heterocycles. The minimum atomic E-state index is -0.772. The molecule has 1 fully saturated rings. The van der Waals surface area contributed by atoms with Crippen molar-refractivity contribution in [3.05, 3.63) is 29.3 Å². The number of nitrogens with zero attached hydrogens (tertiary/aromatic N) is 2. The molecule has 1 aliphatic rings. The smallest absolute Gasteiger partial charge is 0.326 e. The van der Waals surface area contributed by atoms with E-state index < -0.39 is 12.0 Å². The van der Waals surface area contributed by atoms with Gasteiger partial charge in [0.2, 0.25) is 0 Å². The van der Waals surface area contributed by atoms with Crippen LogP contribution in [0.4, 0.5) is 5.69 Å². The van der Waals surface area contributed by atoms with Crippen LogP contribution in [0.3, 0.4) is 0 Å². The minimum Gasteiger partial charge on any atom is -0.480 e. The summed E-state index contributed by atoms with van der Waals surface area (Å²) >= 11 is 0. The molecule has 0 saturated carbocycles. The minimum absolute atomic E-state index is 0.429. The molecule has 1 heterocycles. The van der Waals surface area contributed by atoms with Crippen LogP contribution in [0.1, 0.15) is 24.0 Å². The van der Waals surface area contributed by atoms with Crippen molar-refractivity contribution >= 4 is 11.7 Å². The molecule has 1 N–H and O–H groups in total. The lowest BCUT2D eigenvalue weighted by molar-refractivity contribution is -0.138. The zero-order valence-corrected chi connectivity index (χ0v) is 9.68. The third-order valence-corrected chi connectivity index (χ3v) is 3.17. The molecule has 1 aromatic carbocycles. The highest BCUT2D eigenvalue weighted by Crippen LogP contribution is 2.29. The molecule has 0 bridgehead atoms. The third-order valence-electron chi connectivity index (χ3n) is 3.17. The van der Waals surface area contributed by atoms with E-state index in [0.717, 1.165) is 24.2 Å². The normalized spacial score (nSPS) is 19.1. The summed E-state index contributed by atoms with van der Waals surface area (Å²) in [5.41, 5.74) is 2.49. The van der Waals surface area contributed by atoms with E-state index in [4.69, 9.17) is 10.4 Å². The van der Waals surface area contributed by atoms with Crippen molar-refractivity contribution in [2.45, 2.75) is 25.8 Å². The number of carboxylic acid groups (broad SMARTS) is 1. The van der Waals surface area contributed by atoms with Gasteiger partial charge in [0.1, 0.15) is 6.04 Å². The van der Waals surface area contributed by atoms with Crippen LogP contribution in [0.25, 0.3) is 0 Å². The molecule has 1 aromatic rings. The lowest BCUT2D eigenvalue weighted by Crippen LogP contribution is -2.36. The Bertz CT molecular complexity index is 491. The highest BCUT2D eigenvalue weighted by Gasteiger charge is 2.31. The fraction of sp³-hybridized carbons (Fsp3) is 0.385. The van der Waals surface area contributed by atoms with E-state index in [1.165, 1.54) is 0 Å². The van der Waals surface area contributed by atoms with Crippen LogP contribution < -0.4 is 4.90 Å². The van der Waals surface area contributed by atoms with Crippen molar-refractivity contribution < 1.29 is 9.90 Å². The fourth-order valence-electron chi connectivity index (χ4n) is 2.36. The highest BCUT2D eigenvalue weighted by molar-refractivity contribution is 5.79. The SMILES string of the molecule is Cc1cc(C#N)ccc1N1CCCC1C(=O)O. The van der Waals surface area contributed by atoms with E-state index in [-0.39, 0.29) is 0 Å². The second kappa shape index (κ2) is 4.46. The number of aliphatic carboxylic acids is 1. The van der Waals surface area contributed by atoms with Crippen LogP contribution in [-0.4, -0.2) is 23.7 Å². The molecule has 0 spiro atoms. The number of benzene rings is 1. The van der Waals surface area contributed by atoms with Crippen molar-refractivity contribution in [3.8, 4) is 6.07 Å². The number of hydrogen-bond acceptors (Lipinski definition) is 3. The molecule has 1 unspecified atom stereocenters. The first-order valence-electron chi connectivity index (χ1n) is 5.63. The van der Waals surface area contributed by atoms with Crippen molar-refractivity contribution in [1.82, 2.24) is 0 Å². The predicted octanol–water partition coefficient (Wildman–Crippen LogP) is 1.92. The fourth-order valence-corrected chi connectivity index (χ4v) is 2.36. The van der Waals surface area contributed by atoms with Gasteiger partial charge in [-0.25, -0.2) is 4.79 Å². The molecule has 0 aliphatic carbocycles. The van der Waals surface area contributed by atoms with Gasteiger partial charge in [-0.2, -0.15) is 5.26 Å². The van der Waals surface area contributed by atoms with E-state index >= 15 is 0 Å². The predicted molar refractivity (Wildman–Crippen MR) is 63.9 cm³/mol. The topological polar surface area (TPSA) is 64.3 Å².